The summed E-state index contributed by atoms with van der Waals surface area (Å²) in [5.41, 5.74) is -0.536. The summed E-state index contributed by atoms with van der Waals surface area (Å²) >= 11 is 6.31. The molecule has 0 N–H and O–H groups in total. The average Bonchev–Trinajstić information content (AvgIpc) is 2.95. The Morgan fingerprint density at radius 2 is 1.89 bits per heavy atom. The van der Waals surface area contributed by atoms with Crippen LogP contribution in [0.3, 0.4) is 0 Å². The molecule has 2 aromatic carbocycles. The van der Waals surface area contributed by atoms with Gasteiger partial charge in [0.15, 0.2) is 15.5 Å². The van der Waals surface area contributed by atoms with Crippen LogP contribution in [0.25, 0.3) is 28.0 Å². The Morgan fingerprint density at radius 3 is 2.51 bits per heavy atom. The van der Waals surface area contributed by atoms with Gasteiger partial charge in [-0.25, -0.2) is 31.5 Å². The van der Waals surface area contributed by atoms with E-state index in [0.717, 1.165) is 23.0 Å². The summed E-state index contributed by atoms with van der Waals surface area (Å²) in [5, 5.41) is 0.0212. The molecule has 4 heterocycles. The summed E-state index contributed by atoms with van der Waals surface area (Å²) < 4.78 is 62.6. The van der Waals surface area contributed by atoms with Crippen molar-refractivity contribution in [1.82, 2.24) is 19.4 Å². The van der Waals surface area contributed by atoms with Crippen LogP contribution in [0.5, 0.6) is 0 Å². The van der Waals surface area contributed by atoms with Gasteiger partial charge < -0.3 is 14.5 Å². The van der Waals surface area contributed by atoms with Crippen LogP contribution in [0.1, 0.15) is 18.4 Å². The van der Waals surface area contributed by atoms with E-state index < -0.39 is 27.2 Å². The Kier molecular flexibility index (Phi) is 7.96. The van der Waals surface area contributed by atoms with E-state index in [1.165, 1.54) is 24.3 Å². The molecule has 2 aliphatic heterocycles. The zero-order chi connectivity index (χ0) is 32.2. The number of para-hydroxylation sites is 1. The lowest BCUT2D eigenvalue weighted by Gasteiger charge is -2.40. The van der Waals surface area contributed by atoms with Gasteiger partial charge in [-0.05, 0) is 48.9 Å². The molecule has 4 aromatic rings. The third-order valence-corrected chi connectivity index (χ3v) is 9.55. The number of pyridine rings is 1. The maximum atomic E-state index is 16.0. The van der Waals surface area contributed by atoms with Gasteiger partial charge in [0.05, 0.1) is 34.2 Å². The zero-order valence-corrected chi connectivity index (χ0v) is 25.9. The fraction of sp³-hybridized carbons (Fsp3) is 0.290. The van der Waals surface area contributed by atoms with Crippen molar-refractivity contribution >= 4 is 44.2 Å². The Labute approximate surface area is 262 Å². The van der Waals surface area contributed by atoms with Crippen LogP contribution in [0.15, 0.2) is 64.8 Å². The van der Waals surface area contributed by atoms with Crippen molar-refractivity contribution in [2.75, 3.05) is 44.0 Å². The van der Waals surface area contributed by atoms with Crippen LogP contribution in [0, 0.1) is 11.6 Å². The average molecular weight is 656 g/mol. The van der Waals surface area contributed by atoms with Crippen molar-refractivity contribution < 1.29 is 26.7 Å². The molecule has 10 nitrogen and oxygen atoms in total. The number of anilines is 1. The first-order valence-corrected chi connectivity index (χ1v) is 16.3. The molecule has 2 aromatic heterocycles. The van der Waals surface area contributed by atoms with Gasteiger partial charge in [0.2, 0.25) is 5.91 Å². The van der Waals surface area contributed by atoms with E-state index in [1.807, 2.05) is 6.92 Å². The molecule has 234 valence electrons. The normalized spacial score (nSPS) is 17.4. The lowest BCUT2D eigenvalue weighted by atomic mass is 9.95. The SMILES string of the molecule is C=CC(=O)N1CCN(c2nc(=O)n(-c3c(C4COC4)cccc3S(C)(=O)=O)c3nc(-c4ccc(F)cc4Cl)c(F)cc23)[C@@H](C)C1. The molecule has 2 aliphatic rings. The molecule has 0 aliphatic carbocycles. The second kappa shape index (κ2) is 11.6. The number of carbonyl (C=O) groups excluding carboxylic acids is 1. The summed E-state index contributed by atoms with van der Waals surface area (Å²) in [6, 6.07) is 8.92. The van der Waals surface area contributed by atoms with E-state index in [9.17, 15) is 22.4 Å². The largest absolute Gasteiger partial charge is 0.380 e. The number of aromatic nitrogens is 3. The highest BCUT2D eigenvalue weighted by Gasteiger charge is 2.33. The van der Waals surface area contributed by atoms with Gasteiger partial charge in [-0.3, -0.25) is 4.79 Å². The zero-order valence-electron chi connectivity index (χ0n) is 24.3. The third kappa shape index (κ3) is 5.49. The minimum atomic E-state index is -3.89. The monoisotopic (exact) mass is 655 g/mol. The number of benzene rings is 2. The number of hydrogen-bond donors (Lipinski definition) is 0. The van der Waals surface area contributed by atoms with Crippen LogP contribution in [-0.2, 0) is 19.4 Å². The number of sulfone groups is 1. The number of halogens is 3. The predicted molar refractivity (Wildman–Crippen MR) is 166 cm³/mol. The second-order valence-electron chi connectivity index (χ2n) is 11.1. The Morgan fingerprint density at radius 1 is 1.13 bits per heavy atom. The molecule has 6 rings (SSSR count). The van der Waals surface area contributed by atoms with Gasteiger partial charge in [0.1, 0.15) is 23.1 Å². The maximum absolute atomic E-state index is 16.0. The Hall–Kier alpha value is -4.20. The number of nitrogens with zero attached hydrogens (tertiary/aromatic N) is 5. The third-order valence-electron chi connectivity index (χ3n) is 8.10. The number of fused-ring (bicyclic) bond motifs is 1. The van der Waals surface area contributed by atoms with Gasteiger partial charge in [-0.15, -0.1) is 0 Å². The molecule has 2 saturated heterocycles. The fourth-order valence-corrected chi connectivity index (χ4v) is 6.96. The first-order valence-electron chi connectivity index (χ1n) is 14.1. The Balaban J connectivity index is 1.67. The molecule has 1 amide bonds. The van der Waals surface area contributed by atoms with E-state index in [4.69, 9.17) is 16.3 Å². The molecule has 1 atom stereocenters. The van der Waals surface area contributed by atoms with Crippen molar-refractivity contribution in [3.63, 3.8) is 0 Å². The fourth-order valence-electron chi connectivity index (χ4n) is 5.82. The summed E-state index contributed by atoms with van der Waals surface area (Å²) in [7, 11) is -3.89. The van der Waals surface area contributed by atoms with E-state index in [1.54, 1.807) is 21.9 Å². The molecule has 0 spiro atoms. The highest BCUT2D eigenvalue weighted by Crippen LogP contribution is 2.38. The second-order valence-corrected chi connectivity index (χ2v) is 13.5. The van der Waals surface area contributed by atoms with Gasteiger partial charge in [-0.2, -0.15) is 4.98 Å². The molecular formula is C31H28ClF2N5O5S. The summed E-state index contributed by atoms with van der Waals surface area (Å²) in [6.45, 7) is 6.85. The summed E-state index contributed by atoms with van der Waals surface area (Å²) in [5.74, 6) is -1.79. The van der Waals surface area contributed by atoms with Crippen molar-refractivity contribution in [1.29, 1.82) is 0 Å². The quantitative estimate of drug-likeness (QED) is 0.285. The molecule has 45 heavy (non-hydrogen) atoms. The van der Waals surface area contributed by atoms with Gasteiger partial charge in [0.25, 0.3) is 0 Å². The summed E-state index contributed by atoms with van der Waals surface area (Å²) in [6.07, 6.45) is 2.26. The maximum Gasteiger partial charge on any atom is 0.355 e. The predicted octanol–water partition coefficient (Wildman–Crippen LogP) is 4.12. The molecule has 2 fully saturated rings. The first-order chi connectivity index (χ1) is 21.4. The summed E-state index contributed by atoms with van der Waals surface area (Å²) in [4.78, 5) is 38.7. The van der Waals surface area contributed by atoms with E-state index in [0.29, 0.717) is 31.9 Å². The number of ether oxygens (including phenoxy) is 1. The van der Waals surface area contributed by atoms with E-state index in [2.05, 4.69) is 16.5 Å². The molecule has 0 radical (unpaired) electrons. The van der Waals surface area contributed by atoms with Crippen molar-refractivity contribution in [2.45, 2.75) is 23.8 Å². The molecular weight excluding hydrogens is 628 g/mol. The van der Waals surface area contributed by atoms with Gasteiger partial charge in [-0.1, -0.05) is 30.3 Å². The highest BCUT2D eigenvalue weighted by molar-refractivity contribution is 7.90. The van der Waals surface area contributed by atoms with E-state index >= 15 is 4.39 Å². The highest BCUT2D eigenvalue weighted by atomic mass is 35.5. The Bertz CT molecular complexity index is 2050. The van der Waals surface area contributed by atoms with Gasteiger partial charge in [0, 0.05) is 43.4 Å². The van der Waals surface area contributed by atoms with Crippen molar-refractivity contribution in [3.05, 3.63) is 87.8 Å². The standard InChI is InChI=1S/C31H28ClF2N5O5S/c1-4-26(40)37-10-11-38(17(2)14-37)29-22-13-24(34)27(21-9-8-19(33)12-23(21)32)35-30(22)39(31(41)36-29)28-20(18-15-44-16-18)6-5-7-25(28)45(3,42)43/h4-9,12-13,17-18H,1,10-11,14-16H2,2-3H3/t17-/m0/s1. The van der Waals surface area contributed by atoms with Crippen LogP contribution < -0.4 is 10.6 Å². The molecule has 0 unspecified atom stereocenters. The van der Waals surface area contributed by atoms with Crippen molar-refractivity contribution in [2.24, 2.45) is 0 Å². The van der Waals surface area contributed by atoms with Crippen LogP contribution in [0.4, 0.5) is 14.6 Å². The lowest BCUT2D eigenvalue weighted by Crippen LogP contribution is -2.54. The number of amides is 1. The van der Waals surface area contributed by atoms with Crippen LogP contribution in [0.2, 0.25) is 5.02 Å². The smallest absolute Gasteiger partial charge is 0.355 e. The van der Waals surface area contributed by atoms with E-state index in [-0.39, 0.29) is 68.1 Å². The number of hydrogen-bond acceptors (Lipinski definition) is 8. The van der Waals surface area contributed by atoms with Gasteiger partial charge >= 0.3 is 5.69 Å². The minimum absolute atomic E-state index is 0.0482. The molecule has 0 bridgehead atoms. The van der Waals surface area contributed by atoms with Crippen LogP contribution in [-0.4, -0.2) is 78.9 Å². The first kappa shape index (κ1) is 30.8. The number of piperazine rings is 1. The number of rotatable bonds is 6. The molecule has 14 heteroatoms. The minimum Gasteiger partial charge on any atom is -0.380 e. The van der Waals surface area contributed by atoms with Crippen LogP contribution >= 0.6 is 11.6 Å². The van der Waals surface area contributed by atoms with Crippen molar-refractivity contribution in [3.8, 4) is 16.9 Å². The molecule has 0 saturated carbocycles. The number of carbonyl (C=O) groups is 1. The topological polar surface area (TPSA) is 115 Å². The lowest BCUT2D eigenvalue weighted by molar-refractivity contribution is -0.126.